The molecule has 106 valence electrons. The number of ether oxygens (including phenoxy) is 2. The quantitative estimate of drug-likeness (QED) is 0.923. The number of rotatable bonds is 3. The molecule has 1 unspecified atom stereocenters. The molecule has 0 radical (unpaired) electrons. The lowest BCUT2D eigenvalue weighted by atomic mass is 9.97. The average molecular weight is 274 g/mol. The fourth-order valence-corrected chi connectivity index (χ4v) is 2.74. The highest BCUT2D eigenvalue weighted by Gasteiger charge is 2.24. The molecular formula is C14H18N4O2. The maximum Gasteiger partial charge on any atom is 0.239 e. The van der Waals surface area contributed by atoms with Crippen LogP contribution in [0.2, 0.25) is 0 Å². The Morgan fingerprint density at radius 2 is 2.05 bits per heavy atom. The van der Waals surface area contributed by atoms with E-state index in [1.54, 1.807) is 14.2 Å². The van der Waals surface area contributed by atoms with Gasteiger partial charge in [0, 0.05) is 6.42 Å². The number of aromatic nitrogens is 3. The third-order valence-corrected chi connectivity index (χ3v) is 3.68. The minimum atomic E-state index is 0.156. The van der Waals surface area contributed by atoms with Gasteiger partial charge in [0.2, 0.25) is 5.95 Å². The number of nitrogens with zero attached hydrogens (tertiary/aromatic N) is 3. The van der Waals surface area contributed by atoms with Gasteiger partial charge in [-0.05, 0) is 30.5 Å². The molecule has 2 N–H and O–H groups in total. The van der Waals surface area contributed by atoms with Gasteiger partial charge in [0.05, 0.1) is 20.3 Å². The fraction of sp³-hybridized carbons (Fsp3) is 0.429. The maximum atomic E-state index is 5.71. The molecule has 2 heterocycles. The van der Waals surface area contributed by atoms with Gasteiger partial charge in [0.1, 0.15) is 5.82 Å². The normalized spacial score (nSPS) is 17.6. The summed E-state index contributed by atoms with van der Waals surface area (Å²) in [5, 5.41) is 4.32. The molecule has 0 aliphatic carbocycles. The van der Waals surface area contributed by atoms with Crippen LogP contribution in [0.5, 0.6) is 11.5 Å². The van der Waals surface area contributed by atoms with Crippen molar-refractivity contribution in [3.63, 3.8) is 0 Å². The number of methoxy groups -OCH3 is 2. The van der Waals surface area contributed by atoms with E-state index in [9.17, 15) is 0 Å². The minimum absolute atomic E-state index is 0.156. The molecule has 6 nitrogen and oxygen atoms in total. The third kappa shape index (κ3) is 2.07. The Morgan fingerprint density at radius 1 is 1.25 bits per heavy atom. The van der Waals surface area contributed by atoms with Gasteiger partial charge in [-0.1, -0.05) is 6.07 Å². The Hall–Kier alpha value is -2.24. The van der Waals surface area contributed by atoms with E-state index in [1.807, 2.05) is 22.9 Å². The Bertz CT molecular complexity index is 624. The van der Waals surface area contributed by atoms with Crippen molar-refractivity contribution in [1.82, 2.24) is 14.8 Å². The summed E-state index contributed by atoms with van der Waals surface area (Å²) in [4.78, 5) is 4.28. The van der Waals surface area contributed by atoms with Gasteiger partial charge < -0.3 is 15.2 Å². The molecule has 0 bridgehead atoms. The van der Waals surface area contributed by atoms with Gasteiger partial charge in [0.25, 0.3) is 0 Å². The number of anilines is 1. The topological polar surface area (TPSA) is 75.2 Å². The van der Waals surface area contributed by atoms with Gasteiger partial charge in [0.15, 0.2) is 11.5 Å². The van der Waals surface area contributed by atoms with Crippen LogP contribution in [0.4, 0.5) is 5.95 Å². The van der Waals surface area contributed by atoms with E-state index in [0.717, 1.165) is 42.1 Å². The molecule has 0 amide bonds. The second kappa shape index (κ2) is 5.03. The first kappa shape index (κ1) is 12.8. The SMILES string of the molecule is COc1ccc(C2CCCc3nc(N)nn32)cc1OC. The first-order valence-electron chi connectivity index (χ1n) is 6.65. The summed E-state index contributed by atoms with van der Waals surface area (Å²) in [6.07, 6.45) is 3.02. The molecule has 6 heteroatoms. The minimum Gasteiger partial charge on any atom is -0.493 e. The molecule has 0 saturated carbocycles. The number of aryl methyl sites for hydroxylation is 1. The lowest BCUT2D eigenvalue weighted by Gasteiger charge is -2.24. The van der Waals surface area contributed by atoms with Gasteiger partial charge in [-0.15, -0.1) is 5.10 Å². The lowest BCUT2D eigenvalue weighted by molar-refractivity contribution is 0.352. The van der Waals surface area contributed by atoms with Crippen LogP contribution in [-0.4, -0.2) is 29.0 Å². The van der Waals surface area contributed by atoms with Crippen LogP contribution in [0.1, 0.15) is 30.3 Å². The molecule has 20 heavy (non-hydrogen) atoms. The molecule has 0 saturated heterocycles. The van der Waals surface area contributed by atoms with E-state index in [0.29, 0.717) is 5.95 Å². The molecule has 2 aromatic rings. The number of hydrogen-bond donors (Lipinski definition) is 1. The van der Waals surface area contributed by atoms with Gasteiger partial charge in [-0.2, -0.15) is 4.98 Å². The molecule has 0 spiro atoms. The van der Waals surface area contributed by atoms with E-state index >= 15 is 0 Å². The largest absolute Gasteiger partial charge is 0.493 e. The number of nitrogen functional groups attached to an aromatic ring is 1. The molecule has 1 aromatic heterocycles. The van der Waals surface area contributed by atoms with Crippen molar-refractivity contribution < 1.29 is 9.47 Å². The Kier molecular flexibility index (Phi) is 3.22. The zero-order chi connectivity index (χ0) is 14.1. The lowest BCUT2D eigenvalue weighted by Crippen LogP contribution is -2.20. The molecule has 3 rings (SSSR count). The zero-order valence-electron chi connectivity index (χ0n) is 11.7. The van der Waals surface area contributed by atoms with Crippen molar-refractivity contribution >= 4 is 5.95 Å². The van der Waals surface area contributed by atoms with Crippen LogP contribution in [0, 0.1) is 0 Å². The van der Waals surface area contributed by atoms with Crippen molar-refractivity contribution in [3.05, 3.63) is 29.6 Å². The number of fused-ring (bicyclic) bond motifs is 1. The number of hydrogen-bond acceptors (Lipinski definition) is 5. The number of benzene rings is 1. The highest BCUT2D eigenvalue weighted by molar-refractivity contribution is 5.44. The van der Waals surface area contributed by atoms with E-state index < -0.39 is 0 Å². The molecule has 0 fully saturated rings. The summed E-state index contributed by atoms with van der Waals surface area (Å²) in [6, 6.07) is 6.11. The Balaban J connectivity index is 2.01. The van der Waals surface area contributed by atoms with E-state index in [2.05, 4.69) is 10.1 Å². The van der Waals surface area contributed by atoms with Gasteiger partial charge in [-0.25, -0.2) is 4.68 Å². The maximum absolute atomic E-state index is 5.71. The van der Waals surface area contributed by atoms with Crippen LogP contribution < -0.4 is 15.2 Å². The standard InChI is InChI=1S/C14H18N4O2/c1-19-11-7-6-9(8-12(11)20-2)10-4-3-5-13-16-14(15)17-18(10)13/h6-8,10H,3-5H2,1-2H3,(H2,15,17). The molecular weight excluding hydrogens is 256 g/mol. The van der Waals surface area contributed by atoms with Crippen molar-refractivity contribution in [3.8, 4) is 11.5 Å². The van der Waals surface area contributed by atoms with Gasteiger partial charge in [-0.3, -0.25) is 0 Å². The van der Waals surface area contributed by atoms with Crippen LogP contribution in [0.25, 0.3) is 0 Å². The molecule has 1 aromatic carbocycles. The second-order valence-corrected chi connectivity index (χ2v) is 4.85. The monoisotopic (exact) mass is 274 g/mol. The second-order valence-electron chi connectivity index (χ2n) is 4.85. The highest BCUT2D eigenvalue weighted by Crippen LogP contribution is 2.35. The third-order valence-electron chi connectivity index (χ3n) is 3.68. The van der Waals surface area contributed by atoms with Crippen LogP contribution in [0.15, 0.2) is 18.2 Å². The summed E-state index contributed by atoms with van der Waals surface area (Å²) >= 11 is 0. The average Bonchev–Trinajstić information content (AvgIpc) is 2.86. The fourth-order valence-electron chi connectivity index (χ4n) is 2.74. The van der Waals surface area contributed by atoms with Crippen LogP contribution >= 0.6 is 0 Å². The van der Waals surface area contributed by atoms with Gasteiger partial charge >= 0.3 is 0 Å². The van der Waals surface area contributed by atoms with Crippen molar-refractivity contribution in [2.75, 3.05) is 20.0 Å². The van der Waals surface area contributed by atoms with E-state index in [1.165, 1.54) is 0 Å². The van der Waals surface area contributed by atoms with Crippen LogP contribution in [-0.2, 0) is 6.42 Å². The number of nitrogens with two attached hydrogens (primary N) is 1. The molecule has 1 atom stereocenters. The van der Waals surface area contributed by atoms with E-state index in [4.69, 9.17) is 15.2 Å². The Labute approximate surface area is 117 Å². The van der Waals surface area contributed by atoms with Crippen molar-refractivity contribution in [1.29, 1.82) is 0 Å². The predicted octanol–water partition coefficient (Wildman–Crippen LogP) is 1.80. The first-order chi connectivity index (χ1) is 9.72. The zero-order valence-corrected chi connectivity index (χ0v) is 11.7. The summed E-state index contributed by atoms with van der Waals surface area (Å²) in [6.45, 7) is 0. The summed E-state index contributed by atoms with van der Waals surface area (Å²) < 4.78 is 12.6. The van der Waals surface area contributed by atoms with E-state index in [-0.39, 0.29) is 6.04 Å². The highest BCUT2D eigenvalue weighted by atomic mass is 16.5. The molecule has 1 aliphatic rings. The molecule has 1 aliphatic heterocycles. The smallest absolute Gasteiger partial charge is 0.239 e. The van der Waals surface area contributed by atoms with Crippen LogP contribution in [0.3, 0.4) is 0 Å². The van der Waals surface area contributed by atoms with Crippen molar-refractivity contribution in [2.24, 2.45) is 0 Å². The summed E-state index contributed by atoms with van der Waals surface area (Å²) in [7, 11) is 3.27. The first-order valence-corrected chi connectivity index (χ1v) is 6.65. The Morgan fingerprint density at radius 3 is 2.80 bits per heavy atom. The summed E-state index contributed by atoms with van der Waals surface area (Å²) in [5.74, 6) is 2.75. The summed E-state index contributed by atoms with van der Waals surface area (Å²) in [5.41, 5.74) is 6.85. The van der Waals surface area contributed by atoms with Crippen molar-refractivity contribution in [2.45, 2.75) is 25.3 Å². The predicted molar refractivity (Wildman–Crippen MR) is 75.1 cm³/mol.